The average molecular weight is 333 g/mol. The van der Waals surface area contributed by atoms with E-state index in [1.165, 1.54) is 12.4 Å². The number of nitrogens with zero attached hydrogens (tertiary/aromatic N) is 4. The van der Waals surface area contributed by atoms with Crippen LogP contribution in [0.4, 0.5) is 0 Å². The summed E-state index contributed by atoms with van der Waals surface area (Å²) in [6, 6.07) is 9.56. The minimum absolute atomic E-state index is 0.0257. The molecule has 4 rings (SSSR count). The molecule has 0 spiro atoms. The van der Waals surface area contributed by atoms with Crippen LogP contribution in [0.5, 0.6) is 5.88 Å². The van der Waals surface area contributed by atoms with Crippen molar-refractivity contribution in [2.75, 3.05) is 13.1 Å². The molecule has 0 bridgehead atoms. The van der Waals surface area contributed by atoms with Crippen molar-refractivity contribution in [2.45, 2.75) is 12.5 Å². The van der Waals surface area contributed by atoms with Gasteiger partial charge in [0.2, 0.25) is 5.69 Å². The highest BCUT2D eigenvalue weighted by Crippen LogP contribution is 2.21. The van der Waals surface area contributed by atoms with Crippen LogP contribution in [-0.4, -0.2) is 45.0 Å². The lowest BCUT2D eigenvalue weighted by molar-refractivity contribution is 0.0771. The number of hydrogen-bond donors (Lipinski definition) is 1. The molecule has 1 fully saturated rings. The van der Waals surface area contributed by atoms with E-state index in [1.54, 1.807) is 4.90 Å². The van der Waals surface area contributed by atoms with E-state index < -0.39 is 0 Å². The Bertz CT molecular complexity index is 975. The minimum atomic E-state index is -0.193. The molecule has 3 aromatic rings. The van der Waals surface area contributed by atoms with Crippen molar-refractivity contribution >= 4 is 16.8 Å². The molecule has 124 valence electrons. The van der Waals surface area contributed by atoms with Crippen LogP contribution >= 0.6 is 0 Å². The predicted molar refractivity (Wildman–Crippen MR) is 90.0 cm³/mol. The molecule has 1 N–H and O–H groups in total. The van der Waals surface area contributed by atoms with E-state index in [9.17, 15) is 4.79 Å². The fraction of sp³-hybridized carbons (Fsp3) is 0.222. The van der Waals surface area contributed by atoms with Crippen LogP contribution in [0.15, 0.2) is 42.9 Å². The van der Waals surface area contributed by atoms with E-state index in [1.807, 2.05) is 36.5 Å². The zero-order chi connectivity index (χ0) is 17.2. The van der Waals surface area contributed by atoms with Gasteiger partial charge >= 0.3 is 0 Å². The maximum atomic E-state index is 12.7. The minimum Gasteiger partial charge on any atom is -0.470 e. The molecule has 25 heavy (non-hydrogen) atoms. The molecule has 1 aromatic carbocycles. The lowest BCUT2D eigenvalue weighted by atomic mass is 10.1. The molecule has 1 amide bonds. The van der Waals surface area contributed by atoms with Crippen molar-refractivity contribution < 1.29 is 9.53 Å². The van der Waals surface area contributed by atoms with Crippen LogP contribution in [0.2, 0.25) is 0 Å². The molecular weight excluding hydrogens is 318 g/mol. The second-order valence-electron chi connectivity index (χ2n) is 5.88. The fourth-order valence-corrected chi connectivity index (χ4v) is 3.02. The first-order chi connectivity index (χ1) is 12.2. The number of aromatic amines is 1. The number of fused-ring (bicyclic) bond motifs is 1. The highest BCUT2D eigenvalue weighted by molar-refractivity contribution is 5.98. The molecule has 3 heterocycles. The van der Waals surface area contributed by atoms with Gasteiger partial charge in [-0.1, -0.05) is 6.07 Å². The summed E-state index contributed by atoms with van der Waals surface area (Å²) < 4.78 is 5.78. The molecule has 0 saturated carbocycles. The molecule has 1 saturated heterocycles. The van der Waals surface area contributed by atoms with E-state index in [0.29, 0.717) is 25.1 Å². The van der Waals surface area contributed by atoms with Gasteiger partial charge in [-0.3, -0.25) is 4.79 Å². The van der Waals surface area contributed by atoms with E-state index in [4.69, 9.17) is 10.00 Å². The van der Waals surface area contributed by atoms with Crippen LogP contribution in [0.3, 0.4) is 0 Å². The summed E-state index contributed by atoms with van der Waals surface area (Å²) in [5.74, 6) is 0.194. The number of aromatic nitrogens is 3. The van der Waals surface area contributed by atoms with Gasteiger partial charge in [0.25, 0.3) is 11.8 Å². The molecule has 0 aliphatic carbocycles. The monoisotopic (exact) mass is 333 g/mol. The van der Waals surface area contributed by atoms with E-state index in [0.717, 1.165) is 10.9 Å². The second-order valence-corrected chi connectivity index (χ2v) is 5.88. The second kappa shape index (κ2) is 6.24. The molecule has 7 nitrogen and oxygen atoms in total. The number of likely N-dealkylation sites (tertiary alicyclic amines) is 1. The third kappa shape index (κ3) is 2.90. The molecule has 7 heteroatoms. The molecule has 1 aliphatic heterocycles. The first kappa shape index (κ1) is 15.1. The Labute approximate surface area is 143 Å². The van der Waals surface area contributed by atoms with Gasteiger partial charge in [-0.15, -0.1) is 0 Å². The summed E-state index contributed by atoms with van der Waals surface area (Å²) in [6.07, 6.45) is 5.29. The Morgan fingerprint density at radius 1 is 1.32 bits per heavy atom. The number of ether oxygens (including phenoxy) is 1. The Kier molecular flexibility index (Phi) is 3.78. The normalized spacial score (nSPS) is 16.8. The summed E-state index contributed by atoms with van der Waals surface area (Å²) in [6.45, 7) is 1.07. The van der Waals surface area contributed by atoms with Gasteiger partial charge in [-0.25, -0.2) is 9.97 Å². The Morgan fingerprint density at radius 3 is 3.08 bits per heavy atom. The van der Waals surface area contributed by atoms with Gasteiger partial charge in [0.05, 0.1) is 6.54 Å². The fourth-order valence-electron chi connectivity index (χ4n) is 3.02. The van der Waals surface area contributed by atoms with Gasteiger partial charge in [0, 0.05) is 42.6 Å². The molecular formula is C18H15N5O2. The zero-order valence-corrected chi connectivity index (χ0v) is 13.3. The maximum Gasteiger partial charge on any atom is 0.254 e. The summed E-state index contributed by atoms with van der Waals surface area (Å²) in [7, 11) is 0. The summed E-state index contributed by atoms with van der Waals surface area (Å²) >= 11 is 0. The largest absolute Gasteiger partial charge is 0.470 e. The predicted octanol–water partition coefficient (Wildman–Crippen LogP) is 2.12. The Hall–Kier alpha value is -3.40. The van der Waals surface area contributed by atoms with Gasteiger partial charge in [0.1, 0.15) is 12.2 Å². The van der Waals surface area contributed by atoms with Gasteiger partial charge in [0.15, 0.2) is 0 Å². The molecule has 2 aromatic heterocycles. The summed E-state index contributed by atoms with van der Waals surface area (Å²) in [5, 5.41) is 10.1. The highest BCUT2D eigenvalue weighted by atomic mass is 16.5. The third-order valence-electron chi connectivity index (χ3n) is 4.28. The molecule has 1 atom stereocenters. The van der Waals surface area contributed by atoms with Crippen LogP contribution < -0.4 is 4.74 Å². The molecule has 1 aliphatic rings. The maximum absolute atomic E-state index is 12.7. The van der Waals surface area contributed by atoms with Gasteiger partial charge in [-0.05, 0) is 23.6 Å². The van der Waals surface area contributed by atoms with E-state index in [2.05, 4.69) is 15.0 Å². The topological polar surface area (TPSA) is 94.9 Å². The van der Waals surface area contributed by atoms with Crippen molar-refractivity contribution in [1.82, 2.24) is 19.9 Å². The van der Waals surface area contributed by atoms with E-state index in [-0.39, 0.29) is 23.6 Å². The standard InChI is InChI=1S/C18H15N5O2/c19-10-16-17(22-7-6-21-16)25-14-4-8-23(11-14)18(24)13-2-1-12-3-5-20-15(12)9-13/h1-3,5-7,9,14,20H,4,8,11H2/t14-/m1/s1. The van der Waals surface area contributed by atoms with Crippen molar-refractivity contribution in [1.29, 1.82) is 5.26 Å². The Morgan fingerprint density at radius 2 is 2.20 bits per heavy atom. The van der Waals surface area contributed by atoms with Crippen molar-refractivity contribution in [3.05, 3.63) is 54.1 Å². The number of carbonyl (C=O) groups is 1. The number of H-pyrrole nitrogens is 1. The first-order valence-corrected chi connectivity index (χ1v) is 7.99. The summed E-state index contributed by atoms with van der Waals surface area (Å²) in [4.78, 5) is 25.6. The zero-order valence-electron chi connectivity index (χ0n) is 13.3. The van der Waals surface area contributed by atoms with Crippen molar-refractivity contribution in [2.24, 2.45) is 0 Å². The number of hydrogen-bond acceptors (Lipinski definition) is 5. The molecule has 0 unspecified atom stereocenters. The van der Waals surface area contributed by atoms with Gasteiger partial charge in [-0.2, -0.15) is 5.26 Å². The molecule has 0 radical (unpaired) electrons. The van der Waals surface area contributed by atoms with E-state index >= 15 is 0 Å². The van der Waals surface area contributed by atoms with Crippen molar-refractivity contribution in [3.63, 3.8) is 0 Å². The number of carbonyl (C=O) groups excluding carboxylic acids is 1. The quantitative estimate of drug-likeness (QED) is 0.792. The number of amides is 1. The lowest BCUT2D eigenvalue weighted by Crippen LogP contribution is -2.31. The third-order valence-corrected chi connectivity index (χ3v) is 4.28. The van der Waals surface area contributed by atoms with Crippen LogP contribution in [-0.2, 0) is 0 Å². The smallest absolute Gasteiger partial charge is 0.254 e. The number of rotatable bonds is 3. The SMILES string of the molecule is N#Cc1nccnc1O[C@@H]1CCN(C(=O)c2ccc3cc[nH]c3c2)C1. The Balaban J connectivity index is 1.46. The van der Waals surface area contributed by atoms with Crippen LogP contribution in [0.1, 0.15) is 22.5 Å². The van der Waals surface area contributed by atoms with Crippen LogP contribution in [0.25, 0.3) is 10.9 Å². The lowest BCUT2D eigenvalue weighted by Gasteiger charge is -2.17. The van der Waals surface area contributed by atoms with Crippen molar-refractivity contribution in [3.8, 4) is 11.9 Å². The van der Waals surface area contributed by atoms with Gasteiger partial charge < -0.3 is 14.6 Å². The first-order valence-electron chi connectivity index (χ1n) is 7.99. The number of benzene rings is 1. The number of nitrogens with one attached hydrogen (secondary N) is 1. The summed E-state index contributed by atoms with van der Waals surface area (Å²) in [5.41, 5.74) is 1.74. The van der Waals surface area contributed by atoms with Crippen LogP contribution in [0, 0.1) is 11.3 Å². The highest BCUT2D eigenvalue weighted by Gasteiger charge is 2.29. The number of nitriles is 1. The average Bonchev–Trinajstić information content (AvgIpc) is 3.30.